The maximum atomic E-state index is 12.6. The van der Waals surface area contributed by atoms with E-state index in [1.54, 1.807) is 11.8 Å². The van der Waals surface area contributed by atoms with E-state index >= 15 is 0 Å². The minimum Gasteiger partial charge on any atom is -0.341 e. The second-order valence-electron chi connectivity index (χ2n) is 4.30. The van der Waals surface area contributed by atoms with Crippen LogP contribution in [0.25, 0.3) is 0 Å². The zero-order valence-electron chi connectivity index (χ0n) is 11.5. The topological polar surface area (TPSA) is 38.1 Å². The number of aryl methyl sites for hydroxylation is 1. The lowest BCUT2D eigenvalue weighted by Gasteiger charge is -2.23. The maximum absolute atomic E-state index is 12.6. The summed E-state index contributed by atoms with van der Waals surface area (Å²) in [5.41, 5.74) is -0.649. The molecule has 0 radical (unpaired) electrons. The van der Waals surface area contributed by atoms with Gasteiger partial charge in [-0.3, -0.25) is 9.48 Å². The summed E-state index contributed by atoms with van der Waals surface area (Å²) in [7, 11) is 0. The van der Waals surface area contributed by atoms with Crippen LogP contribution in [0, 0.1) is 6.92 Å². The molecule has 0 fully saturated rings. The molecule has 1 heterocycles. The Bertz CT molecular complexity index is 450. The lowest BCUT2D eigenvalue weighted by atomic mass is 10.2. The third-order valence-corrected chi connectivity index (χ3v) is 3.01. The molecule has 0 aliphatic heterocycles. The summed E-state index contributed by atoms with van der Waals surface area (Å²) < 4.78 is 38.8. The first kappa shape index (κ1) is 15.5. The number of hydrogen-bond donors (Lipinski definition) is 0. The van der Waals surface area contributed by atoms with E-state index in [0.29, 0.717) is 18.8 Å². The molecular weight excluding hydrogens is 259 g/mol. The van der Waals surface area contributed by atoms with Crippen LogP contribution in [0.4, 0.5) is 13.2 Å². The minimum absolute atomic E-state index is 0.232. The standard InChI is InChI=1S/C12H18F3N3O/c1-5-17(6-2)11(19)9(4)18-8(3)7-10(16-18)12(13,14)15/h7,9H,5-6H2,1-4H3. The zero-order chi connectivity index (χ0) is 14.8. The van der Waals surface area contributed by atoms with Gasteiger partial charge in [0.15, 0.2) is 5.69 Å². The molecule has 19 heavy (non-hydrogen) atoms. The van der Waals surface area contributed by atoms with Crippen molar-refractivity contribution < 1.29 is 18.0 Å². The number of nitrogens with zero attached hydrogens (tertiary/aromatic N) is 3. The third kappa shape index (κ3) is 3.27. The number of aromatic nitrogens is 2. The highest BCUT2D eigenvalue weighted by atomic mass is 19.4. The Labute approximate surface area is 110 Å². The van der Waals surface area contributed by atoms with Gasteiger partial charge in [0, 0.05) is 18.8 Å². The van der Waals surface area contributed by atoms with Gasteiger partial charge < -0.3 is 4.90 Å². The van der Waals surface area contributed by atoms with Crippen molar-refractivity contribution in [3.63, 3.8) is 0 Å². The largest absolute Gasteiger partial charge is 0.435 e. The van der Waals surface area contributed by atoms with Crippen molar-refractivity contribution >= 4 is 5.91 Å². The highest BCUT2D eigenvalue weighted by Gasteiger charge is 2.35. The normalized spacial score (nSPS) is 13.4. The van der Waals surface area contributed by atoms with Gasteiger partial charge in [-0.25, -0.2) is 0 Å². The number of hydrogen-bond acceptors (Lipinski definition) is 2. The number of amides is 1. The van der Waals surface area contributed by atoms with Gasteiger partial charge in [-0.1, -0.05) is 0 Å². The monoisotopic (exact) mass is 277 g/mol. The van der Waals surface area contributed by atoms with Crippen LogP contribution in [0.1, 0.15) is 38.2 Å². The van der Waals surface area contributed by atoms with Crippen molar-refractivity contribution in [3.05, 3.63) is 17.5 Å². The molecule has 1 unspecified atom stereocenters. The molecule has 0 spiro atoms. The molecule has 0 aliphatic carbocycles. The van der Waals surface area contributed by atoms with Crippen molar-refractivity contribution in [2.24, 2.45) is 0 Å². The van der Waals surface area contributed by atoms with Crippen molar-refractivity contribution in [2.45, 2.75) is 39.9 Å². The highest BCUT2D eigenvalue weighted by molar-refractivity contribution is 5.80. The van der Waals surface area contributed by atoms with Gasteiger partial charge in [0.05, 0.1) is 0 Å². The number of halogens is 3. The van der Waals surface area contributed by atoms with Crippen LogP contribution in [0.5, 0.6) is 0 Å². The first-order valence-corrected chi connectivity index (χ1v) is 6.14. The van der Waals surface area contributed by atoms with Crippen LogP contribution >= 0.6 is 0 Å². The van der Waals surface area contributed by atoms with Crippen LogP contribution in [0.3, 0.4) is 0 Å². The molecule has 108 valence electrons. The van der Waals surface area contributed by atoms with Gasteiger partial charge in [-0.2, -0.15) is 18.3 Å². The Morgan fingerprint density at radius 3 is 2.32 bits per heavy atom. The summed E-state index contributed by atoms with van der Waals surface area (Å²) in [5.74, 6) is -0.232. The number of alkyl halides is 3. The molecule has 1 rings (SSSR count). The minimum atomic E-state index is -4.49. The van der Waals surface area contributed by atoms with Crippen LogP contribution in [-0.4, -0.2) is 33.7 Å². The van der Waals surface area contributed by atoms with E-state index in [9.17, 15) is 18.0 Å². The fraction of sp³-hybridized carbons (Fsp3) is 0.667. The summed E-state index contributed by atoms with van der Waals surface area (Å²) in [4.78, 5) is 13.7. The first-order valence-electron chi connectivity index (χ1n) is 6.14. The predicted molar refractivity (Wildman–Crippen MR) is 64.6 cm³/mol. The Morgan fingerprint density at radius 2 is 1.95 bits per heavy atom. The van der Waals surface area contributed by atoms with E-state index in [-0.39, 0.29) is 5.91 Å². The SMILES string of the molecule is CCN(CC)C(=O)C(C)n1nc(C(F)(F)F)cc1C. The Balaban J connectivity index is 3.03. The van der Waals surface area contributed by atoms with Gasteiger partial charge in [0.25, 0.3) is 0 Å². The van der Waals surface area contributed by atoms with Crippen LogP contribution in [0.2, 0.25) is 0 Å². The van der Waals surface area contributed by atoms with E-state index in [1.807, 2.05) is 13.8 Å². The second kappa shape index (κ2) is 5.63. The van der Waals surface area contributed by atoms with Crippen molar-refractivity contribution in [1.82, 2.24) is 14.7 Å². The molecule has 1 amide bonds. The summed E-state index contributed by atoms with van der Waals surface area (Å²) in [6.07, 6.45) is -4.49. The van der Waals surface area contributed by atoms with E-state index in [2.05, 4.69) is 5.10 Å². The molecule has 0 saturated carbocycles. The van der Waals surface area contributed by atoms with Gasteiger partial charge in [0.1, 0.15) is 6.04 Å². The Kier molecular flexibility index (Phi) is 4.60. The molecule has 1 aromatic rings. The number of likely N-dealkylation sites (N-methyl/N-ethyl adjacent to an activating group) is 1. The van der Waals surface area contributed by atoms with Crippen LogP contribution < -0.4 is 0 Å². The average molecular weight is 277 g/mol. The van der Waals surface area contributed by atoms with Gasteiger partial charge in [-0.05, 0) is 33.8 Å². The first-order chi connectivity index (χ1) is 8.72. The van der Waals surface area contributed by atoms with Crippen molar-refractivity contribution in [1.29, 1.82) is 0 Å². The van der Waals surface area contributed by atoms with Crippen LogP contribution in [-0.2, 0) is 11.0 Å². The second-order valence-corrected chi connectivity index (χ2v) is 4.30. The quantitative estimate of drug-likeness (QED) is 0.848. The fourth-order valence-corrected chi connectivity index (χ4v) is 1.92. The van der Waals surface area contributed by atoms with E-state index in [4.69, 9.17) is 0 Å². The summed E-state index contributed by atoms with van der Waals surface area (Å²) in [6, 6.07) is 0.211. The number of rotatable bonds is 4. The molecule has 0 aliphatic rings. The summed E-state index contributed by atoms with van der Waals surface area (Å²) in [6.45, 7) is 7.75. The summed E-state index contributed by atoms with van der Waals surface area (Å²) >= 11 is 0. The lowest BCUT2D eigenvalue weighted by Crippen LogP contribution is -2.36. The van der Waals surface area contributed by atoms with Gasteiger partial charge in [0.2, 0.25) is 5.91 Å². The number of carbonyl (C=O) groups excluding carboxylic acids is 1. The van der Waals surface area contributed by atoms with Crippen molar-refractivity contribution in [2.75, 3.05) is 13.1 Å². The Morgan fingerprint density at radius 1 is 1.42 bits per heavy atom. The fourth-order valence-electron chi connectivity index (χ4n) is 1.92. The molecule has 1 atom stereocenters. The van der Waals surface area contributed by atoms with Gasteiger partial charge in [-0.15, -0.1) is 0 Å². The van der Waals surface area contributed by atoms with E-state index in [1.165, 1.54) is 6.92 Å². The molecule has 1 aromatic heterocycles. The number of carbonyl (C=O) groups is 1. The Hall–Kier alpha value is -1.53. The predicted octanol–water partition coefficient (Wildman–Crippen LogP) is 2.64. The lowest BCUT2D eigenvalue weighted by molar-refractivity contribution is -0.142. The van der Waals surface area contributed by atoms with Crippen LogP contribution in [0.15, 0.2) is 6.07 Å². The zero-order valence-corrected chi connectivity index (χ0v) is 11.5. The van der Waals surface area contributed by atoms with Crippen molar-refractivity contribution in [3.8, 4) is 0 Å². The molecular formula is C12H18F3N3O. The maximum Gasteiger partial charge on any atom is 0.435 e. The molecule has 0 aromatic carbocycles. The molecule has 4 nitrogen and oxygen atoms in total. The molecule has 7 heteroatoms. The van der Waals surface area contributed by atoms with E-state index in [0.717, 1.165) is 10.7 Å². The summed E-state index contributed by atoms with van der Waals surface area (Å²) in [5, 5.41) is 3.50. The average Bonchev–Trinajstić information content (AvgIpc) is 2.71. The van der Waals surface area contributed by atoms with E-state index < -0.39 is 17.9 Å². The smallest absolute Gasteiger partial charge is 0.341 e. The third-order valence-electron chi connectivity index (χ3n) is 3.01. The molecule has 0 saturated heterocycles. The highest BCUT2D eigenvalue weighted by Crippen LogP contribution is 2.29. The molecule has 0 N–H and O–H groups in total. The molecule has 0 bridgehead atoms. The van der Waals surface area contributed by atoms with Gasteiger partial charge >= 0.3 is 6.18 Å².